The zero-order chi connectivity index (χ0) is 13.8. The second-order valence-electron chi connectivity index (χ2n) is 5.05. The van der Waals surface area contributed by atoms with Gasteiger partial charge in [0.2, 0.25) is 0 Å². The van der Waals surface area contributed by atoms with Crippen molar-refractivity contribution >= 4 is 5.69 Å². The second kappa shape index (κ2) is 6.06. The van der Waals surface area contributed by atoms with Gasteiger partial charge >= 0.3 is 0 Å². The molecule has 1 aliphatic rings. The van der Waals surface area contributed by atoms with Gasteiger partial charge in [-0.25, -0.2) is 4.39 Å². The fourth-order valence-corrected chi connectivity index (χ4v) is 2.62. The molecule has 0 bridgehead atoms. The molecule has 104 valence electrons. The Morgan fingerprint density at radius 2 is 2.05 bits per heavy atom. The molecule has 0 fully saturated rings. The van der Waals surface area contributed by atoms with Crippen LogP contribution in [-0.2, 0) is 24.2 Å². The molecule has 3 rings (SSSR count). The van der Waals surface area contributed by atoms with E-state index in [2.05, 4.69) is 23.5 Å². The Kier molecular flexibility index (Phi) is 3.97. The van der Waals surface area contributed by atoms with Crippen LogP contribution in [-0.4, -0.2) is 13.2 Å². The van der Waals surface area contributed by atoms with Crippen molar-refractivity contribution in [2.75, 3.05) is 18.5 Å². The molecule has 1 N–H and O–H groups in total. The summed E-state index contributed by atoms with van der Waals surface area (Å²) in [7, 11) is 0. The van der Waals surface area contributed by atoms with Crippen molar-refractivity contribution in [3.05, 3.63) is 65.0 Å². The van der Waals surface area contributed by atoms with Crippen molar-refractivity contribution < 1.29 is 9.13 Å². The van der Waals surface area contributed by atoms with E-state index in [0.717, 1.165) is 31.6 Å². The Balaban J connectivity index is 1.64. The molecule has 20 heavy (non-hydrogen) atoms. The van der Waals surface area contributed by atoms with Crippen LogP contribution in [0.2, 0.25) is 0 Å². The van der Waals surface area contributed by atoms with Crippen LogP contribution in [0.1, 0.15) is 16.7 Å². The van der Waals surface area contributed by atoms with Crippen LogP contribution < -0.4 is 5.32 Å². The molecule has 1 heterocycles. The van der Waals surface area contributed by atoms with Gasteiger partial charge in [0.15, 0.2) is 0 Å². The first-order chi connectivity index (χ1) is 9.83. The molecular formula is C17H18FNO. The zero-order valence-corrected chi connectivity index (χ0v) is 11.4. The molecule has 3 heteroatoms. The maximum absolute atomic E-state index is 13.1. The van der Waals surface area contributed by atoms with Crippen LogP contribution in [0.4, 0.5) is 10.1 Å². The van der Waals surface area contributed by atoms with E-state index in [4.69, 9.17) is 4.74 Å². The van der Waals surface area contributed by atoms with Gasteiger partial charge in [0.05, 0.1) is 13.2 Å². The van der Waals surface area contributed by atoms with E-state index < -0.39 is 0 Å². The third-order valence-electron chi connectivity index (χ3n) is 3.65. The molecule has 0 aromatic heterocycles. The van der Waals surface area contributed by atoms with E-state index in [1.807, 2.05) is 6.07 Å². The topological polar surface area (TPSA) is 21.3 Å². The summed E-state index contributed by atoms with van der Waals surface area (Å²) in [6.07, 6.45) is 1.77. The molecule has 0 spiro atoms. The Morgan fingerprint density at radius 1 is 1.15 bits per heavy atom. The molecule has 0 atom stereocenters. The lowest BCUT2D eigenvalue weighted by Gasteiger charge is -2.20. The average Bonchev–Trinajstić information content (AvgIpc) is 2.48. The predicted octanol–water partition coefficient (Wildman–Crippen LogP) is 3.55. The SMILES string of the molecule is Fc1cccc(CCNc2cccc3c2CCOC3)c1. The molecule has 0 unspecified atom stereocenters. The van der Waals surface area contributed by atoms with E-state index in [1.54, 1.807) is 12.1 Å². The van der Waals surface area contributed by atoms with E-state index in [9.17, 15) is 4.39 Å². The highest BCUT2D eigenvalue weighted by atomic mass is 19.1. The first-order valence-electron chi connectivity index (χ1n) is 7.00. The van der Waals surface area contributed by atoms with E-state index in [-0.39, 0.29) is 5.82 Å². The normalized spacial score (nSPS) is 13.8. The molecule has 1 aliphatic heterocycles. The quantitative estimate of drug-likeness (QED) is 0.918. The van der Waals surface area contributed by atoms with Gasteiger partial charge < -0.3 is 10.1 Å². The molecule has 0 radical (unpaired) electrons. The van der Waals surface area contributed by atoms with Crippen molar-refractivity contribution in [3.8, 4) is 0 Å². The van der Waals surface area contributed by atoms with Crippen molar-refractivity contribution in [2.45, 2.75) is 19.4 Å². The Labute approximate surface area is 118 Å². The predicted molar refractivity (Wildman–Crippen MR) is 78.4 cm³/mol. The van der Waals surface area contributed by atoms with E-state index in [0.29, 0.717) is 6.61 Å². The van der Waals surface area contributed by atoms with Crippen molar-refractivity contribution in [3.63, 3.8) is 0 Å². The molecule has 2 aromatic carbocycles. The van der Waals surface area contributed by atoms with Gasteiger partial charge in [0.1, 0.15) is 5.82 Å². The Hall–Kier alpha value is -1.87. The van der Waals surface area contributed by atoms with Gasteiger partial charge in [-0.2, -0.15) is 0 Å². The smallest absolute Gasteiger partial charge is 0.123 e. The number of fused-ring (bicyclic) bond motifs is 1. The number of nitrogens with one attached hydrogen (secondary N) is 1. The highest BCUT2D eigenvalue weighted by Gasteiger charge is 2.12. The van der Waals surface area contributed by atoms with Crippen LogP contribution in [0.3, 0.4) is 0 Å². The number of hydrogen-bond donors (Lipinski definition) is 1. The Morgan fingerprint density at radius 3 is 2.95 bits per heavy atom. The summed E-state index contributed by atoms with van der Waals surface area (Å²) in [5.41, 5.74) is 4.83. The largest absolute Gasteiger partial charge is 0.384 e. The fraction of sp³-hybridized carbons (Fsp3) is 0.294. The molecule has 2 aromatic rings. The zero-order valence-electron chi connectivity index (χ0n) is 11.4. The highest BCUT2D eigenvalue weighted by molar-refractivity contribution is 5.55. The van der Waals surface area contributed by atoms with E-state index >= 15 is 0 Å². The second-order valence-corrected chi connectivity index (χ2v) is 5.05. The maximum Gasteiger partial charge on any atom is 0.123 e. The lowest BCUT2D eigenvalue weighted by molar-refractivity contribution is 0.111. The van der Waals surface area contributed by atoms with E-state index in [1.165, 1.54) is 22.9 Å². The van der Waals surface area contributed by atoms with Gasteiger partial charge in [-0.05, 0) is 47.7 Å². The van der Waals surface area contributed by atoms with Crippen molar-refractivity contribution in [2.24, 2.45) is 0 Å². The van der Waals surface area contributed by atoms with Crippen LogP contribution in [0, 0.1) is 5.82 Å². The third-order valence-corrected chi connectivity index (χ3v) is 3.65. The van der Waals surface area contributed by atoms with Crippen LogP contribution in [0.5, 0.6) is 0 Å². The number of rotatable bonds is 4. The number of anilines is 1. The first kappa shape index (κ1) is 13.1. The minimum absolute atomic E-state index is 0.170. The van der Waals surface area contributed by atoms with Crippen molar-refractivity contribution in [1.29, 1.82) is 0 Å². The molecular weight excluding hydrogens is 253 g/mol. The maximum atomic E-state index is 13.1. The number of benzene rings is 2. The van der Waals surface area contributed by atoms with Gasteiger partial charge in [-0.3, -0.25) is 0 Å². The summed E-state index contributed by atoms with van der Waals surface area (Å²) in [5.74, 6) is -0.170. The molecule has 0 saturated heterocycles. The number of ether oxygens (including phenoxy) is 1. The average molecular weight is 271 g/mol. The van der Waals surface area contributed by atoms with Gasteiger partial charge in [0.25, 0.3) is 0 Å². The van der Waals surface area contributed by atoms with Crippen LogP contribution >= 0.6 is 0 Å². The third kappa shape index (κ3) is 2.99. The van der Waals surface area contributed by atoms with Crippen LogP contribution in [0.25, 0.3) is 0 Å². The van der Waals surface area contributed by atoms with Crippen LogP contribution in [0.15, 0.2) is 42.5 Å². The molecule has 0 amide bonds. The fourth-order valence-electron chi connectivity index (χ4n) is 2.62. The first-order valence-corrected chi connectivity index (χ1v) is 7.00. The highest BCUT2D eigenvalue weighted by Crippen LogP contribution is 2.24. The molecule has 0 saturated carbocycles. The minimum Gasteiger partial charge on any atom is -0.384 e. The summed E-state index contributed by atoms with van der Waals surface area (Å²) in [4.78, 5) is 0. The lowest BCUT2D eigenvalue weighted by atomic mass is 10.0. The van der Waals surface area contributed by atoms with Crippen molar-refractivity contribution in [1.82, 2.24) is 0 Å². The Bertz CT molecular complexity index is 597. The summed E-state index contributed by atoms with van der Waals surface area (Å²) in [5, 5.41) is 3.46. The van der Waals surface area contributed by atoms with Gasteiger partial charge in [-0.1, -0.05) is 24.3 Å². The number of hydrogen-bond acceptors (Lipinski definition) is 2. The summed E-state index contributed by atoms with van der Waals surface area (Å²) in [6, 6.07) is 13.1. The summed E-state index contributed by atoms with van der Waals surface area (Å²) >= 11 is 0. The number of halogens is 1. The summed E-state index contributed by atoms with van der Waals surface area (Å²) in [6.45, 7) is 2.30. The standard InChI is InChI=1S/C17H18FNO/c18-15-5-1-3-13(11-15)7-9-19-17-6-2-4-14-12-20-10-8-16(14)17/h1-6,11,19H,7-10,12H2. The summed E-state index contributed by atoms with van der Waals surface area (Å²) < 4.78 is 18.6. The van der Waals surface area contributed by atoms with Gasteiger partial charge in [-0.15, -0.1) is 0 Å². The van der Waals surface area contributed by atoms with Gasteiger partial charge in [0, 0.05) is 12.2 Å². The lowest BCUT2D eigenvalue weighted by Crippen LogP contribution is -2.14. The molecule has 0 aliphatic carbocycles. The minimum atomic E-state index is -0.170. The molecule has 2 nitrogen and oxygen atoms in total. The monoisotopic (exact) mass is 271 g/mol.